The zero-order chi connectivity index (χ0) is 55.9. The predicted octanol–water partition coefficient (Wildman–Crippen LogP) is 5.80. The maximum absolute atomic E-state index is 14.5. The fourth-order valence-electron chi connectivity index (χ4n) is 11.0. The molecule has 4 heterocycles. The van der Waals surface area contributed by atoms with Crippen LogP contribution in [-0.2, 0) is 51.5 Å². The lowest BCUT2D eigenvalue weighted by Gasteiger charge is -2.35. The molecule has 4 saturated heterocycles. The van der Waals surface area contributed by atoms with E-state index in [0.29, 0.717) is 43.8 Å². The Balaban J connectivity index is 0.891. The zero-order valence-electron chi connectivity index (χ0n) is 46.0. The third-order valence-corrected chi connectivity index (χ3v) is 18.2. The van der Waals surface area contributed by atoms with Crippen molar-refractivity contribution in [1.82, 2.24) is 36.4 Å². The first-order valence-corrected chi connectivity index (χ1v) is 29.0. The molecule has 2 unspecified atom stereocenters. The van der Waals surface area contributed by atoms with Crippen LogP contribution in [0.2, 0.25) is 0 Å². The SMILES string of the molecule is CN[C@@H](C)C(=O)N[C@H]1CCS[C@H]2CC(C)(C)[C@@H](C(=O)N=CC(COCc3ccc4cc(COC[C@@H](NC(=O)[C@H]5N6C(=O)[C@@H](NC(=O)C(C)(O)NC)CCS[C@H]6CC5(C)C)c5ccccc5)ccc4c3)c3ccccc3)N2C1=O. The van der Waals surface area contributed by atoms with Crippen molar-refractivity contribution in [2.75, 3.05) is 38.8 Å². The first-order chi connectivity index (χ1) is 37.2. The second kappa shape index (κ2) is 25.2. The minimum absolute atomic E-state index is 0.165. The molecule has 17 nitrogen and oxygen atoms in total. The number of fused-ring (bicyclic) bond motifs is 3. The van der Waals surface area contributed by atoms with Crippen LogP contribution in [0.4, 0.5) is 0 Å². The van der Waals surface area contributed by atoms with Gasteiger partial charge in [-0.2, -0.15) is 0 Å². The van der Waals surface area contributed by atoms with Crippen molar-refractivity contribution in [3.05, 3.63) is 119 Å². The number of benzene rings is 4. The molecule has 6 N–H and O–H groups in total. The van der Waals surface area contributed by atoms with E-state index in [1.54, 1.807) is 53.5 Å². The van der Waals surface area contributed by atoms with E-state index in [1.807, 2.05) is 113 Å². The van der Waals surface area contributed by atoms with Gasteiger partial charge in [-0.3, -0.25) is 34.1 Å². The van der Waals surface area contributed by atoms with Crippen LogP contribution >= 0.6 is 23.5 Å². The number of hydrogen-bond acceptors (Lipinski definition) is 13. The van der Waals surface area contributed by atoms with Gasteiger partial charge in [0.15, 0.2) is 5.72 Å². The molecule has 19 heteroatoms. The fourth-order valence-corrected chi connectivity index (χ4v) is 14.1. The highest BCUT2D eigenvalue weighted by atomic mass is 32.2. The third kappa shape index (κ3) is 13.5. The molecule has 10 atom stereocenters. The molecule has 0 radical (unpaired) electrons. The average molecular weight is 1110 g/mol. The maximum atomic E-state index is 14.5. The molecule has 4 aromatic rings. The Labute approximate surface area is 466 Å². The zero-order valence-corrected chi connectivity index (χ0v) is 47.6. The first-order valence-electron chi connectivity index (χ1n) is 26.9. The molecule has 0 saturated carbocycles. The summed E-state index contributed by atoms with van der Waals surface area (Å²) in [7, 11) is 3.16. The van der Waals surface area contributed by atoms with E-state index in [9.17, 15) is 33.9 Å². The number of hydrogen-bond donors (Lipinski definition) is 6. The number of ether oxygens (including phenoxy) is 2. The Morgan fingerprint density at radius 2 is 1.26 bits per heavy atom. The molecule has 4 aliphatic heterocycles. The highest BCUT2D eigenvalue weighted by molar-refractivity contribution is 8.00. The molecule has 418 valence electrons. The largest absolute Gasteiger partial charge is 0.376 e. The van der Waals surface area contributed by atoms with Crippen molar-refractivity contribution < 1.29 is 43.3 Å². The third-order valence-electron chi connectivity index (χ3n) is 15.7. The van der Waals surface area contributed by atoms with Crippen LogP contribution in [-0.4, -0.2) is 142 Å². The number of carbonyl (C=O) groups is 6. The molecule has 4 aromatic carbocycles. The van der Waals surface area contributed by atoms with Gasteiger partial charge in [0.2, 0.25) is 23.6 Å². The number of carbonyl (C=O) groups excluding carboxylic acids is 6. The van der Waals surface area contributed by atoms with Crippen molar-refractivity contribution >= 4 is 76.0 Å². The number of aliphatic hydroxyl groups is 1. The second-order valence-electron chi connectivity index (χ2n) is 22.5. The quantitative estimate of drug-likeness (QED) is 0.0456. The van der Waals surface area contributed by atoms with Crippen molar-refractivity contribution in [2.24, 2.45) is 15.8 Å². The van der Waals surface area contributed by atoms with E-state index in [1.165, 1.54) is 14.0 Å². The van der Waals surface area contributed by atoms with Gasteiger partial charge in [0, 0.05) is 12.1 Å². The van der Waals surface area contributed by atoms with Gasteiger partial charge in [0.05, 0.1) is 49.3 Å². The van der Waals surface area contributed by atoms with Crippen LogP contribution in [0.25, 0.3) is 10.8 Å². The highest BCUT2D eigenvalue weighted by Crippen LogP contribution is 2.48. The monoisotopic (exact) mass is 1100 g/mol. The summed E-state index contributed by atoms with van der Waals surface area (Å²) in [6.07, 6.45) is 3.73. The van der Waals surface area contributed by atoms with Crippen LogP contribution in [0.1, 0.15) is 101 Å². The molecular weight excluding hydrogens is 1030 g/mol. The molecule has 6 amide bonds. The van der Waals surface area contributed by atoms with Gasteiger partial charge in [-0.05, 0) is 121 Å². The van der Waals surface area contributed by atoms with E-state index in [2.05, 4.69) is 43.7 Å². The van der Waals surface area contributed by atoms with Gasteiger partial charge in [-0.25, -0.2) is 4.99 Å². The van der Waals surface area contributed by atoms with Gasteiger partial charge < -0.3 is 45.6 Å². The lowest BCUT2D eigenvalue weighted by molar-refractivity contribution is -0.148. The normalized spacial score (nSPS) is 24.8. The van der Waals surface area contributed by atoms with Crippen LogP contribution in [0.3, 0.4) is 0 Å². The summed E-state index contributed by atoms with van der Waals surface area (Å²) in [5.41, 5.74) is 0.719. The molecule has 4 aliphatic rings. The van der Waals surface area contributed by atoms with E-state index in [4.69, 9.17) is 9.47 Å². The van der Waals surface area contributed by atoms with Crippen LogP contribution in [0, 0.1) is 10.8 Å². The lowest BCUT2D eigenvalue weighted by Crippen LogP contribution is -2.61. The van der Waals surface area contributed by atoms with Crippen molar-refractivity contribution in [3.8, 4) is 0 Å². The number of likely N-dealkylation sites (N-methyl/N-ethyl adjacent to an activating group) is 2. The van der Waals surface area contributed by atoms with Crippen molar-refractivity contribution in [3.63, 3.8) is 0 Å². The minimum atomic E-state index is -1.87. The summed E-state index contributed by atoms with van der Waals surface area (Å²) >= 11 is 3.25. The highest BCUT2D eigenvalue weighted by Gasteiger charge is 2.56. The van der Waals surface area contributed by atoms with Gasteiger partial charge in [-0.15, -0.1) is 23.5 Å². The van der Waals surface area contributed by atoms with Crippen LogP contribution < -0.4 is 26.6 Å². The summed E-state index contributed by atoms with van der Waals surface area (Å²) in [6, 6.07) is 27.4. The number of nitrogens with zero attached hydrogens (tertiary/aromatic N) is 3. The number of rotatable bonds is 20. The Hall–Kier alpha value is -5.67. The van der Waals surface area contributed by atoms with Crippen molar-refractivity contribution in [2.45, 2.75) is 139 Å². The fraction of sp³-hybridized carbons (Fsp3) is 0.508. The molecule has 0 aromatic heterocycles. The summed E-state index contributed by atoms with van der Waals surface area (Å²) in [4.78, 5) is 90.7. The summed E-state index contributed by atoms with van der Waals surface area (Å²) in [6.45, 7) is 12.1. The van der Waals surface area contributed by atoms with Gasteiger partial charge in [0.1, 0.15) is 24.2 Å². The minimum Gasteiger partial charge on any atom is -0.376 e. The molecule has 0 aliphatic carbocycles. The number of aliphatic imine (C=N–C) groups is 1. The Morgan fingerprint density at radius 3 is 1.81 bits per heavy atom. The van der Waals surface area contributed by atoms with E-state index in [0.717, 1.165) is 33.0 Å². The van der Waals surface area contributed by atoms with E-state index in [-0.39, 0.29) is 60.1 Å². The number of nitrogens with one attached hydrogen (secondary N) is 5. The summed E-state index contributed by atoms with van der Waals surface area (Å²) < 4.78 is 12.7. The van der Waals surface area contributed by atoms with E-state index >= 15 is 0 Å². The lowest BCUT2D eigenvalue weighted by atomic mass is 9.83. The summed E-state index contributed by atoms with van der Waals surface area (Å²) in [5, 5.41) is 26.5. The molecule has 78 heavy (non-hydrogen) atoms. The number of thioether (sulfide) groups is 2. The molecular formula is C59H76N8O9S2. The average Bonchev–Trinajstić information content (AvgIpc) is 3.78. The topological polar surface area (TPSA) is 220 Å². The smallest absolute Gasteiger partial charge is 0.268 e. The summed E-state index contributed by atoms with van der Waals surface area (Å²) in [5.74, 6) is -1.35. The Kier molecular flexibility index (Phi) is 18.9. The molecule has 4 fully saturated rings. The molecule has 0 bridgehead atoms. The van der Waals surface area contributed by atoms with Crippen LogP contribution in [0.5, 0.6) is 0 Å². The van der Waals surface area contributed by atoms with E-state index < -0.39 is 64.6 Å². The van der Waals surface area contributed by atoms with Crippen LogP contribution in [0.15, 0.2) is 102 Å². The second-order valence-corrected chi connectivity index (χ2v) is 25.1. The predicted molar refractivity (Wildman–Crippen MR) is 305 cm³/mol. The first kappa shape index (κ1) is 58.5. The Morgan fingerprint density at radius 1 is 0.744 bits per heavy atom. The molecule has 0 spiro atoms. The Bertz CT molecular complexity index is 2840. The molecule has 8 rings (SSSR count). The maximum Gasteiger partial charge on any atom is 0.268 e. The number of amides is 6. The standard InChI is InChI=1S/C59H76N8O9S2/c1-36(60-7)51(68)63-44-23-25-77-47-29-57(2,3)49(66(47)54(44)71)52(69)62-31-43(39-15-11-9-12-16-39)34-75-32-37-19-21-42-28-38(20-22-41(42)27-37)33-76-35-46(40-17-13-10-14-18-40)64-53(70)50-58(4,5)30-48-67(50)55(72)45(24-26-78-48)65-56(73)59(6,74)61-8/h9-22,27-28,31,36,43-50,60-61,74H,23-26,29-30,32-35H2,1-8H3,(H,63,68)(H,64,70)(H,65,73)/t36-,43?,44-,45-,46+,47-,48-,49+,50+,59?/m0/s1. The van der Waals surface area contributed by atoms with Gasteiger partial charge in [-0.1, -0.05) is 113 Å². The van der Waals surface area contributed by atoms with Crippen molar-refractivity contribution in [1.29, 1.82) is 0 Å². The van der Waals surface area contributed by atoms with Gasteiger partial charge >= 0.3 is 0 Å². The van der Waals surface area contributed by atoms with Gasteiger partial charge in [0.25, 0.3) is 11.8 Å².